The zero-order chi connectivity index (χ0) is 18.3. The molecule has 0 saturated heterocycles. The topological polar surface area (TPSA) is 129 Å². The number of aliphatic carboxylic acids is 2. The van der Waals surface area contributed by atoms with Crippen LogP contribution in [0, 0.1) is 0 Å². The van der Waals surface area contributed by atoms with Gasteiger partial charge in [-0.1, -0.05) is 0 Å². The van der Waals surface area contributed by atoms with Gasteiger partial charge in [0.15, 0.2) is 5.25 Å². The maximum Gasteiger partial charge on any atom is 0.325 e. The van der Waals surface area contributed by atoms with E-state index in [-0.39, 0.29) is 0 Å². The third-order valence-corrected chi connectivity index (χ3v) is 5.00. The van der Waals surface area contributed by atoms with Gasteiger partial charge in [0.05, 0.1) is 6.42 Å². The Labute approximate surface area is 156 Å². The molecule has 0 amide bonds. The third-order valence-electron chi connectivity index (χ3n) is 3.20. The summed E-state index contributed by atoms with van der Waals surface area (Å²) in [6.07, 6.45) is 10.6. The van der Waals surface area contributed by atoms with Crippen molar-refractivity contribution in [1.82, 2.24) is 0 Å². The molecule has 0 aliphatic heterocycles. The number of hydrogen-bond acceptors (Lipinski definition) is 4. The minimum absolute atomic E-state index is 1.16. The van der Waals surface area contributed by atoms with Gasteiger partial charge in [-0.3, -0.25) is 14.1 Å². The van der Waals surface area contributed by atoms with Crippen LogP contribution in [0.4, 0.5) is 0 Å². The molecule has 0 aliphatic carbocycles. The van der Waals surface area contributed by atoms with Gasteiger partial charge in [0.2, 0.25) is 0 Å². The molecular formula is C14H27NaO7S. The van der Waals surface area contributed by atoms with Crippen LogP contribution in [0.15, 0.2) is 0 Å². The van der Waals surface area contributed by atoms with E-state index >= 15 is 0 Å². The molecule has 0 radical (unpaired) electrons. The molecule has 0 spiro atoms. The Morgan fingerprint density at radius 2 is 1.39 bits per heavy atom. The van der Waals surface area contributed by atoms with Gasteiger partial charge in [-0.25, -0.2) is 0 Å². The number of unbranched alkanes of at least 4 members (excludes halogenated alkanes) is 7. The van der Waals surface area contributed by atoms with E-state index in [4.69, 9.17) is 14.8 Å². The van der Waals surface area contributed by atoms with Crippen LogP contribution in [0.3, 0.4) is 0 Å². The average Bonchev–Trinajstić information content (AvgIpc) is 2.43. The monoisotopic (exact) mass is 362 g/mol. The van der Waals surface area contributed by atoms with Crippen molar-refractivity contribution in [2.45, 2.75) is 73.6 Å². The van der Waals surface area contributed by atoms with Crippen molar-refractivity contribution in [2.75, 3.05) is 0 Å². The van der Waals surface area contributed by atoms with Crippen molar-refractivity contribution >= 4 is 50.0 Å². The van der Waals surface area contributed by atoms with E-state index in [2.05, 4.69) is 6.92 Å². The zero-order valence-corrected chi connectivity index (χ0v) is 16.8. The molecule has 3 N–H and O–H groups in total. The van der Waals surface area contributed by atoms with Crippen LogP contribution in [-0.2, 0) is 19.7 Å². The number of carbonyl (C=O) groups is 2. The first-order valence-electron chi connectivity index (χ1n) is 8.07. The number of carboxylic acid groups (broad SMARTS) is 2. The summed E-state index contributed by atoms with van der Waals surface area (Å²) < 4.78 is 30.2. The molecule has 9 heteroatoms. The first kappa shape index (κ1) is 25.1. The summed E-state index contributed by atoms with van der Waals surface area (Å²) in [5.74, 6) is -3.50. The van der Waals surface area contributed by atoms with E-state index < -0.39 is 33.7 Å². The summed E-state index contributed by atoms with van der Waals surface area (Å²) >= 11 is 1.41. The molecule has 0 heterocycles. The van der Waals surface area contributed by atoms with Crippen molar-refractivity contribution in [3.63, 3.8) is 0 Å². The Bertz CT molecular complexity index is 415. The average molecular weight is 362 g/mol. The molecule has 0 bridgehead atoms. The molecular weight excluding hydrogens is 335 g/mol. The Morgan fingerprint density at radius 1 is 0.957 bits per heavy atom. The molecule has 132 valence electrons. The van der Waals surface area contributed by atoms with Crippen molar-refractivity contribution in [2.24, 2.45) is 0 Å². The first-order chi connectivity index (χ1) is 10.7. The van der Waals surface area contributed by atoms with Gasteiger partial charge >= 0.3 is 102 Å². The van der Waals surface area contributed by atoms with Crippen LogP contribution in [0.5, 0.6) is 0 Å². The second-order valence-electron chi connectivity index (χ2n) is 5.41. The second-order valence-corrected chi connectivity index (χ2v) is 8.01. The summed E-state index contributed by atoms with van der Waals surface area (Å²) in [5, 5.41) is 13.9. The van der Waals surface area contributed by atoms with Crippen molar-refractivity contribution in [3.8, 4) is 0 Å². The standard InChI is InChI=1S/C10H21.C4H6O7S.Na/c1-3-5-7-9-10-8-6-4-2;5-3(6)1-2(4(7)8)12(9,10)11;/h1,3-10H2,2H3;2H,1H2,(H,5,6)(H,7,8)(H,9,10,11);. The molecule has 0 saturated carbocycles. The fraction of sp³-hybridized carbons (Fsp3) is 0.857. The SMILES string of the molecule is CCCCCCCCC[CH2][Na].O=C(O)CC(C(=O)O)S(=O)(=O)O. The quantitative estimate of drug-likeness (QED) is 0.276. The van der Waals surface area contributed by atoms with Gasteiger partial charge in [0.1, 0.15) is 0 Å². The number of carboxylic acids is 2. The van der Waals surface area contributed by atoms with Gasteiger partial charge in [-0.15, -0.1) is 0 Å². The smallest absolute Gasteiger partial charge is 0.325 e. The van der Waals surface area contributed by atoms with E-state index in [1.807, 2.05) is 0 Å². The van der Waals surface area contributed by atoms with Gasteiger partial charge in [-0.2, -0.15) is 8.42 Å². The molecule has 0 aromatic carbocycles. The molecule has 0 rings (SSSR count). The molecule has 1 unspecified atom stereocenters. The number of rotatable bonds is 12. The predicted molar refractivity (Wildman–Crippen MR) is 88.4 cm³/mol. The molecule has 7 nitrogen and oxygen atoms in total. The molecule has 0 aromatic rings. The molecule has 0 aliphatic rings. The van der Waals surface area contributed by atoms with E-state index in [0.717, 1.165) is 0 Å². The normalized spacial score (nSPS) is 12.2. The van der Waals surface area contributed by atoms with Crippen LogP contribution in [-0.4, -0.2) is 68.3 Å². The summed E-state index contributed by atoms with van der Waals surface area (Å²) in [6, 6.07) is 0. The van der Waals surface area contributed by atoms with E-state index in [9.17, 15) is 18.0 Å². The molecule has 0 aromatic heterocycles. The van der Waals surface area contributed by atoms with Gasteiger partial charge in [0.25, 0.3) is 10.1 Å². The Kier molecular flexibility index (Phi) is 16.8. The summed E-state index contributed by atoms with van der Waals surface area (Å²) in [5.41, 5.74) is 0. The zero-order valence-electron chi connectivity index (χ0n) is 14.0. The maximum absolute atomic E-state index is 10.2. The van der Waals surface area contributed by atoms with Crippen molar-refractivity contribution in [1.29, 1.82) is 0 Å². The Morgan fingerprint density at radius 3 is 1.65 bits per heavy atom. The Balaban J connectivity index is 0. The Hall–Kier alpha value is -0.150. The first-order valence-corrected chi connectivity index (χ1v) is 11.0. The minimum atomic E-state index is -4.84. The molecule has 0 fully saturated rings. The van der Waals surface area contributed by atoms with Gasteiger partial charge in [0, 0.05) is 0 Å². The number of hydrogen-bond donors (Lipinski definition) is 3. The fourth-order valence-electron chi connectivity index (χ4n) is 1.86. The van der Waals surface area contributed by atoms with E-state index in [1.54, 1.807) is 0 Å². The van der Waals surface area contributed by atoms with Crippen LogP contribution in [0.1, 0.15) is 64.7 Å². The fourth-order valence-corrected chi connectivity index (χ4v) is 2.97. The van der Waals surface area contributed by atoms with Crippen LogP contribution in [0.2, 0.25) is 3.67 Å². The predicted octanol–water partition coefficient (Wildman–Crippen LogP) is 2.52. The van der Waals surface area contributed by atoms with E-state index in [0.29, 0.717) is 0 Å². The van der Waals surface area contributed by atoms with Gasteiger partial charge in [-0.05, 0) is 0 Å². The summed E-state index contributed by atoms with van der Waals surface area (Å²) in [7, 11) is -4.84. The second kappa shape index (κ2) is 15.4. The van der Waals surface area contributed by atoms with E-state index in [1.165, 1.54) is 83.0 Å². The van der Waals surface area contributed by atoms with Gasteiger partial charge < -0.3 is 10.2 Å². The minimum Gasteiger partial charge on any atom is -0.481 e. The maximum atomic E-state index is 10.2. The largest absolute Gasteiger partial charge is 0.481 e. The van der Waals surface area contributed by atoms with Crippen LogP contribution < -0.4 is 0 Å². The van der Waals surface area contributed by atoms with Crippen molar-refractivity contribution in [3.05, 3.63) is 0 Å². The summed E-state index contributed by atoms with van der Waals surface area (Å²) in [4.78, 5) is 20.0. The molecule has 23 heavy (non-hydrogen) atoms. The summed E-state index contributed by atoms with van der Waals surface area (Å²) in [6.45, 7) is 2.28. The molecule has 1 atom stereocenters. The van der Waals surface area contributed by atoms with Crippen LogP contribution in [0.25, 0.3) is 0 Å². The third kappa shape index (κ3) is 18.0. The van der Waals surface area contributed by atoms with Crippen LogP contribution >= 0.6 is 0 Å². The van der Waals surface area contributed by atoms with Crippen molar-refractivity contribution < 1.29 is 32.8 Å².